The summed E-state index contributed by atoms with van der Waals surface area (Å²) in [5.41, 5.74) is 2.92. The van der Waals surface area contributed by atoms with Gasteiger partial charge in [0.15, 0.2) is 11.0 Å². The van der Waals surface area contributed by atoms with Crippen LogP contribution in [0.25, 0.3) is 22.4 Å². The largest absolute Gasteiger partial charge is 0.497 e. The van der Waals surface area contributed by atoms with Crippen LogP contribution in [0.2, 0.25) is 0 Å². The highest BCUT2D eigenvalue weighted by Crippen LogP contribution is 2.29. The zero-order valence-electron chi connectivity index (χ0n) is 16.3. The van der Waals surface area contributed by atoms with Gasteiger partial charge in [0.05, 0.1) is 36.7 Å². The summed E-state index contributed by atoms with van der Waals surface area (Å²) in [5.74, 6) is 3.93. The predicted octanol–water partition coefficient (Wildman–Crippen LogP) is 4.76. The first kappa shape index (κ1) is 18.5. The van der Waals surface area contributed by atoms with Crippen LogP contribution in [-0.2, 0) is 12.3 Å². The third-order valence-electron chi connectivity index (χ3n) is 4.72. The molecule has 0 unspecified atom stereocenters. The average Bonchev–Trinajstić information content (AvgIpc) is 3.52. The number of rotatable bonds is 7. The maximum absolute atomic E-state index is 5.57. The smallest absolute Gasteiger partial charge is 0.192 e. The molecular formula is C22H19N5O2S. The van der Waals surface area contributed by atoms with E-state index in [2.05, 4.69) is 24.7 Å². The molecule has 5 aromatic rings. The molecular weight excluding hydrogens is 398 g/mol. The first-order valence-electron chi connectivity index (χ1n) is 9.46. The second kappa shape index (κ2) is 8.08. The van der Waals surface area contributed by atoms with Gasteiger partial charge in [-0.05, 0) is 36.4 Å². The van der Waals surface area contributed by atoms with Crippen LogP contribution >= 0.6 is 11.8 Å². The van der Waals surface area contributed by atoms with Crippen molar-refractivity contribution in [3.8, 4) is 17.1 Å². The lowest BCUT2D eigenvalue weighted by Crippen LogP contribution is -2.03. The maximum Gasteiger partial charge on any atom is 0.192 e. The van der Waals surface area contributed by atoms with Crippen molar-refractivity contribution in [3.05, 3.63) is 78.5 Å². The number of nitrogens with zero attached hydrogens (tertiary/aromatic N) is 4. The Labute approximate surface area is 177 Å². The number of ether oxygens (including phenoxy) is 1. The predicted molar refractivity (Wildman–Crippen MR) is 115 cm³/mol. The molecule has 30 heavy (non-hydrogen) atoms. The lowest BCUT2D eigenvalue weighted by atomic mass is 10.2. The molecule has 1 N–H and O–H groups in total. The van der Waals surface area contributed by atoms with E-state index in [-0.39, 0.29) is 0 Å². The first-order valence-corrected chi connectivity index (χ1v) is 10.4. The van der Waals surface area contributed by atoms with E-state index in [1.807, 2.05) is 60.7 Å². The Bertz CT molecular complexity index is 1240. The SMILES string of the molecule is COc1cccc(-c2nnc(SCc3nc4ccccc4[nH]3)n2Cc2ccco2)c1. The molecule has 0 saturated carbocycles. The van der Waals surface area contributed by atoms with Crippen LogP contribution in [0.15, 0.2) is 76.5 Å². The van der Waals surface area contributed by atoms with Crippen LogP contribution in [0.4, 0.5) is 0 Å². The molecule has 7 nitrogen and oxygen atoms in total. The van der Waals surface area contributed by atoms with Crippen LogP contribution in [0.3, 0.4) is 0 Å². The number of hydrogen-bond acceptors (Lipinski definition) is 6. The van der Waals surface area contributed by atoms with Crippen LogP contribution in [0, 0.1) is 0 Å². The number of hydrogen-bond donors (Lipinski definition) is 1. The number of aromatic nitrogens is 5. The van der Waals surface area contributed by atoms with Crippen LogP contribution < -0.4 is 4.74 Å². The Morgan fingerprint density at radius 2 is 2.00 bits per heavy atom. The number of fused-ring (bicyclic) bond motifs is 1. The second-order valence-corrected chi connectivity index (χ2v) is 7.64. The number of para-hydroxylation sites is 2. The van der Waals surface area contributed by atoms with Gasteiger partial charge < -0.3 is 14.1 Å². The van der Waals surface area contributed by atoms with Crippen molar-refractivity contribution >= 4 is 22.8 Å². The number of methoxy groups -OCH3 is 1. The minimum atomic E-state index is 0.537. The molecule has 0 aliphatic carbocycles. The lowest BCUT2D eigenvalue weighted by molar-refractivity contribution is 0.415. The Hall–Kier alpha value is -3.52. The van der Waals surface area contributed by atoms with Crippen molar-refractivity contribution in [2.45, 2.75) is 17.5 Å². The van der Waals surface area contributed by atoms with Gasteiger partial charge in [-0.25, -0.2) is 4.98 Å². The molecule has 0 spiro atoms. The van der Waals surface area contributed by atoms with Gasteiger partial charge in [0.1, 0.15) is 17.3 Å². The Balaban J connectivity index is 1.46. The van der Waals surface area contributed by atoms with Gasteiger partial charge in [0.2, 0.25) is 0 Å². The van der Waals surface area contributed by atoms with E-state index < -0.39 is 0 Å². The first-order chi connectivity index (χ1) is 14.8. The fourth-order valence-electron chi connectivity index (χ4n) is 3.28. The van der Waals surface area contributed by atoms with Crippen molar-refractivity contribution in [3.63, 3.8) is 0 Å². The number of furan rings is 1. The van der Waals surface area contributed by atoms with Gasteiger partial charge >= 0.3 is 0 Å². The zero-order valence-corrected chi connectivity index (χ0v) is 17.1. The molecule has 2 aromatic carbocycles. The van der Waals surface area contributed by atoms with Gasteiger partial charge in [-0.3, -0.25) is 4.57 Å². The van der Waals surface area contributed by atoms with E-state index in [4.69, 9.17) is 9.15 Å². The molecule has 0 bridgehead atoms. The fraction of sp³-hybridized carbons (Fsp3) is 0.136. The van der Waals surface area contributed by atoms with E-state index in [1.165, 1.54) is 0 Å². The van der Waals surface area contributed by atoms with Crippen molar-refractivity contribution in [1.29, 1.82) is 0 Å². The van der Waals surface area contributed by atoms with Gasteiger partial charge in [0, 0.05) is 5.56 Å². The molecule has 0 aliphatic heterocycles. The highest BCUT2D eigenvalue weighted by molar-refractivity contribution is 7.98. The third-order valence-corrected chi connectivity index (χ3v) is 5.69. The molecule has 0 saturated heterocycles. The van der Waals surface area contributed by atoms with Gasteiger partial charge in [-0.2, -0.15) is 0 Å². The van der Waals surface area contributed by atoms with Gasteiger partial charge in [0.25, 0.3) is 0 Å². The molecule has 3 aromatic heterocycles. The fourth-order valence-corrected chi connectivity index (χ4v) is 4.09. The van der Waals surface area contributed by atoms with E-state index in [1.54, 1.807) is 25.1 Å². The number of imidazole rings is 1. The quantitative estimate of drug-likeness (QED) is 0.384. The Morgan fingerprint density at radius 1 is 1.07 bits per heavy atom. The molecule has 0 atom stereocenters. The summed E-state index contributed by atoms with van der Waals surface area (Å²) in [6.07, 6.45) is 1.67. The summed E-state index contributed by atoms with van der Waals surface area (Å²) < 4.78 is 13.0. The lowest BCUT2D eigenvalue weighted by Gasteiger charge is -2.09. The Kier molecular flexibility index (Phi) is 4.98. The van der Waals surface area contributed by atoms with Crippen molar-refractivity contribution in [2.24, 2.45) is 0 Å². The molecule has 150 valence electrons. The van der Waals surface area contributed by atoms with Gasteiger partial charge in [-0.1, -0.05) is 36.0 Å². The number of nitrogens with one attached hydrogen (secondary N) is 1. The summed E-state index contributed by atoms with van der Waals surface area (Å²) in [6.45, 7) is 0.537. The molecule has 0 amide bonds. The summed E-state index contributed by atoms with van der Waals surface area (Å²) in [6, 6.07) is 19.6. The minimum absolute atomic E-state index is 0.537. The van der Waals surface area contributed by atoms with Crippen molar-refractivity contribution in [1.82, 2.24) is 24.7 Å². The van der Waals surface area contributed by atoms with Crippen LogP contribution in [0.5, 0.6) is 5.75 Å². The van der Waals surface area contributed by atoms with Crippen molar-refractivity contribution < 1.29 is 9.15 Å². The number of thioether (sulfide) groups is 1. The topological polar surface area (TPSA) is 81.8 Å². The summed E-state index contributed by atoms with van der Waals surface area (Å²) in [5, 5.41) is 9.71. The second-order valence-electron chi connectivity index (χ2n) is 6.69. The van der Waals surface area contributed by atoms with E-state index in [0.29, 0.717) is 12.3 Å². The highest BCUT2D eigenvalue weighted by atomic mass is 32.2. The standard InChI is InChI=1S/C22H19N5O2S/c1-28-16-7-4-6-15(12-16)21-25-26-22(27(21)13-17-8-5-11-29-17)30-14-20-23-18-9-2-3-10-19(18)24-20/h2-12H,13-14H2,1H3,(H,23,24). The molecule has 3 heterocycles. The third kappa shape index (κ3) is 3.69. The molecule has 5 rings (SSSR count). The van der Waals surface area contributed by atoms with Gasteiger partial charge in [-0.15, -0.1) is 10.2 Å². The highest BCUT2D eigenvalue weighted by Gasteiger charge is 2.17. The molecule has 0 fully saturated rings. The molecule has 0 radical (unpaired) electrons. The van der Waals surface area contributed by atoms with Crippen LogP contribution in [0.1, 0.15) is 11.6 Å². The molecule has 0 aliphatic rings. The number of H-pyrrole nitrogens is 1. The molecule has 8 heteroatoms. The van der Waals surface area contributed by atoms with E-state index in [9.17, 15) is 0 Å². The summed E-state index contributed by atoms with van der Waals surface area (Å²) in [4.78, 5) is 8.01. The normalized spacial score (nSPS) is 11.2. The number of benzene rings is 2. The average molecular weight is 417 g/mol. The maximum atomic E-state index is 5.57. The van der Waals surface area contributed by atoms with E-state index in [0.717, 1.165) is 44.9 Å². The summed E-state index contributed by atoms with van der Waals surface area (Å²) >= 11 is 1.59. The zero-order chi connectivity index (χ0) is 20.3. The minimum Gasteiger partial charge on any atom is -0.497 e. The number of aromatic amines is 1. The monoisotopic (exact) mass is 417 g/mol. The van der Waals surface area contributed by atoms with Crippen LogP contribution in [-0.4, -0.2) is 31.8 Å². The Morgan fingerprint density at radius 3 is 2.83 bits per heavy atom. The van der Waals surface area contributed by atoms with Crippen molar-refractivity contribution in [2.75, 3.05) is 7.11 Å². The van der Waals surface area contributed by atoms with E-state index >= 15 is 0 Å². The summed E-state index contributed by atoms with van der Waals surface area (Å²) in [7, 11) is 1.65.